The maximum atomic E-state index is 11.1. The summed E-state index contributed by atoms with van der Waals surface area (Å²) in [7, 11) is 1.34. The highest BCUT2D eigenvalue weighted by Gasteiger charge is 2.16. The number of nitrogens with zero attached hydrogens (tertiary/aromatic N) is 1. The fraction of sp³-hybridized carbons (Fsp3) is 0.400. The minimum absolute atomic E-state index is 0.390. The zero-order chi connectivity index (χ0) is 10.8. The minimum atomic E-state index is -0.491. The molecule has 0 aliphatic carbocycles. The smallest absolute Gasteiger partial charge is 0.339 e. The summed E-state index contributed by atoms with van der Waals surface area (Å²) in [5.41, 5.74) is 6.52. The first kappa shape index (κ1) is 10.7. The maximum Gasteiger partial charge on any atom is 0.339 e. The summed E-state index contributed by atoms with van der Waals surface area (Å²) in [5, 5.41) is 0. The van der Waals surface area contributed by atoms with Gasteiger partial charge >= 0.3 is 5.97 Å². The van der Waals surface area contributed by atoms with Crippen LogP contribution in [0.3, 0.4) is 0 Å². The van der Waals surface area contributed by atoms with E-state index in [0.29, 0.717) is 5.56 Å². The third kappa shape index (κ3) is 2.29. The van der Waals surface area contributed by atoms with Gasteiger partial charge in [-0.05, 0) is 26.0 Å². The van der Waals surface area contributed by atoms with Crippen molar-refractivity contribution in [1.29, 1.82) is 0 Å². The van der Waals surface area contributed by atoms with Gasteiger partial charge in [-0.3, -0.25) is 4.98 Å². The highest BCUT2D eigenvalue weighted by molar-refractivity contribution is 5.88. The molecule has 1 rings (SSSR count). The Labute approximate surface area is 83.1 Å². The Morgan fingerprint density at radius 1 is 1.50 bits per heavy atom. The molecule has 1 heterocycles. The Morgan fingerprint density at radius 3 is 2.50 bits per heavy atom. The summed E-state index contributed by atoms with van der Waals surface area (Å²) < 4.78 is 4.55. The predicted molar refractivity (Wildman–Crippen MR) is 52.8 cm³/mol. The fourth-order valence-corrected chi connectivity index (χ4v) is 1.01. The van der Waals surface area contributed by atoms with Gasteiger partial charge in [0.25, 0.3) is 0 Å². The topological polar surface area (TPSA) is 65.2 Å². The zero-order valence-electron chi connectivity index (χ0n) is 8.57. The lowest BCUT2D eigenvalue weighted by atomic mass is 10.0. The summed E-state index contributed by atoms with van der Waals surface area (Å²) in [6.07, 6.45) is 1.47. The predicted octanol–water partition coefficient (Wildman–Crippen LogP) is 1.06. The molecule has 4 nitrogen and oxygen atoms in total. The van der Waals surface area contributed by atoms with Crippen LogP contribution in [0.15, 0.2) is 18.3 Å². The quantitative estimate of drug-likeness (QED) is 0.715. The maximum absolute atomic E-state index is 11.1. The van der Waals surface area contributed by atoms with Crippen molar-refractivity contribution in [3.8, 4) is 0 Å². The van der Waals surface area contributed by atoms with Gasteiger partial charge in [0.2, 0.25) is 0 Å². The Kier molecular flexibility index (Phi) is 2.86. The van der Waals surface area contributed by atoms with E-state index < -0.39 is 5.54 Å². The molecule has 2 N–H and O–H groups in total. The van der Waals surface area contributed by atoms with E-state index in [-0.39, 0.29) is 5.97 Å². The van der Waals surface area contributed by atoms with Crippen LogP contribution in [0.25, 0.3) is 0 Å². The first-order chi connectivity index (χ1) is 6.45. The van der Waals surface area contributed by atoms with Gasteiger partial charge in [0.1, 0.15) is 0 Å². The van der Waals surface area contributed by atoms with Crippen LogP contribution < -0.4 is 5.73 Å². The molecular weight excluding hydrogens is 180 g/mol. The van der Waals surface area contributed by atoms with E-state index in [2.05, 4.69) is 9.72 Å². The van der Waals surface area contributed by atoms with Crippen LogP contribution in [-0.4, -0.2) is 18.1 Å². The highest BCUT2D eigenvalue weighted by atomic mass is 16.5. The molecule has 0 radical (unpaired) electrons. The van der Waals surface area contributed by atoms with E-state index in [1.807, 2.05) is 13.8 Å². The van der Waals surface area contributed by atoms with Gasteiger partial charge in [0.05, 0.1) is 23.9 Å². The van der Waals surface area contributed by atoms with Crippen molar-refractivity contribution in [1.82, 2.24) is 4.98 Å². The Balaban J connectivity index is 2.95. The van der Waals surface area contributed by atoms with E-state index >= 15 is 0 Å². The Morgan fingerprint density at radius 2 is 2.14 bits per heavy atom. The molecule has 0 aromatic carbocycles. The molecule has 0 bridgehead atoms. The normalized spacial score (nSPS) is 11.1. The lowest BCUT2D eigenvalue weighted by Crippen LogP contribution is -2.29. The summed E-state index contributed by atoms with van der Waals surface area (Å²) in [6.45, 7) is 3.71. The summed E-state index contributed by atoms with van der Waals surface area (Å²) in [4.78, 5) is 15.2. The number of pyridine rings is 1. The van der Waals surface area contributed by atoms with Crippen molar-refractivity contribution in [2.75, 3.05) is 7.11 Å². The van der Waals surface area contributed by atoms with Crippen molar-refractivity contribution >= 4 is 5.97 Å². The molecule has 0 amide bonds. The third-order valence-electron chi connectivity index (χ3n) is 1.84. The van der Waals surface area contributed by atoms with Crippen LogP contribution in [0, 0.1) is 0 Å². The minimum Gasteiger partial charge on any atom is -0.465 e. The molecule has 0 saturated carbocycles. The van der Waals surface area contributed by atoms with Gasteiger partial charge in [0.15, 0.2) is 0 Å². The molecule has 0 fully saturated rings. The van der Waals surface area contributed by atoms with Gasteiger partial charge in [-0.25, -0.2) is 4.79 Å². The number of ether oxygens (including phenoxy) is 1. The third-order valence-corrected chi connectivity index (χ3v) is 1.84. The average Bonchev–Trinajstić information content (AvgIpc) is 2.15. The van der Waals surface area contributed by atoms with Crippen LogP contribution in [0.5, 0.6) is 0 Å². The lowest BCUT2D eigenvalue weighted by Gasteiger charge is -2.17. The largest absolute Gasteiger partial charge is 0.465 e. The van der Waals surface area contributed by atoms with Crippen molar-refractivity contribution < 1.29 is 9.53 Å². The first-order valence-electron chi connectivity index (χ1n) is 4.29. The van der Waals surface area contributed by atoms with E-state index in [1.54, 1.807) is 12.1 Å². The standard InChI is InChI=1S/C10H14N2O2/c1-10(2,11)8-5-4-7(6-12-8)9(13)14-3/h4-6H,11H2,1-3H3. The Bertz CT molecular complexity index is 325. The molecule has 0 aliphatic rings. The van der Waals surface area contributed by atoms with Crippen molar-refractivity contribution in [3.63, 3.8) is 0 Å². The van der Waals surface area contributed by atoms with Crippen molar-refractivity contribution in [3.05, 3.63) is 29.6 Å². The molecule has 4 heteroatoms. The van der Waals surface area contributed by atoms with Gasteiger partial charge in [-0.15, -0.1) is 0 Å². The summed E-state index contributed by atoms with van der Waals surface area (Å²) >= 11 is 0. The molecule has 0 saturated heterocycles. The molecular formula is C10H14N2O2. The number of hydrogen-bond donors (Lipinski definition) is 1. The van der Waals surface area contributed by atoms with Crippen LogP contribution in [0.2, 0.25) is 0 Å². The summed E-state index contributed by atoms with van der Waals surface area (Å²) in [6, 6.07) is 3.38. The van der Waals surface area contributed by atoms with Crippen LogP contribution in [0.1, 0.15) is 29.9 Å². The van der Waals surface area contributed by atoms with Crippen LogP contribution in [-0.2, 0) is 10.3 Å². The molecule has 0 spiro atoms. The van der Waals surface area contributed by atoms with Crippen LogP contribution in [0.4, 0.5) is 0 Å². The van der Waals surface area contributed by atoms with E-state index in [1.165, 1.54) is 13.3 Å². The SMILES string of the molecule is COC(=O)c1ccc(C(C)(C)N)nc1. The van der Waals surface area contributed by atoms with E-state index in [0.717, 1.165) is 5.69 Å². The molecule has 0 atom stereocenters. The second-order valence-electron chi connectivity index (χ2n) is 3.65. The number of nitrogens with two attached hydrogens (primary N) is 1. The van der Waals surface area contributed by atoms with E-state index in [4.69, 9.17) is 5.73 Å². The number of carbonyl (C=O) groups is 1. The van der Waals surface area contributed by atoms with Crippen molar-refractivity contribution in [2.45, 2.75) is 19.4 Å². The number of carbonyl (C=O) groups excluding carboxylic acids is 1. The molecule has 1 aromatic heterocycles. The molecule has 0 unspecified atom stereocenters. The number of hydrogen-bond acceptors (Lipinski definition) is 4. The second kappa shape index (κ2) is 3.75. The number of aromatic nitrogens is 1. The number of rotatable bonds is 2. The van der Waals surface area contributed by atoms with Gasteiger partial charge in [-0.2, -0.15) is 0 Å². The fourth-order valence-electron chi connectivity index (χ4n) is 1.01. The first-order valence-corrected chi connectivity index (χ1v) is 4.29. The lowest BCUT2D eigenvalue weighted by molar-refractivity contribution is 0.0600. The summed E-state index contributed by atoms with van der Waals surface area (Å²) in [5.74, 6) is -0.390. The van der Waals surface area contributed by atoms with Crippen LogP contribution >= 0.6 is 0 Å². The molecule has 1 aromatic rings. The molecule has 76 valence electrons. The zero-order valence-corrected chi connectivity index (χ0v) is 8.57. The highest BCUT2D eigenvalue weighted by Crippen LogP contribution is 2.14. The monoisotopic (exact) mass is 194 g/mol. The number of methoxy groups -OCH3 is 1. The number of esters is 1. The molecule has 14 heavy (non-hydrogen) atoms. The van der Waals surface area contributed by atoms with Gasteiger partial charge in [-0.1, -0.05) is 0 Å². The average molecular weight is 194 g/mol. The van der Waals surface area contributed by atoms with Gasteiger partial charge < -0.3 is 10.5 Å². The second-order valence-corrected chi connectivity index (χ2v) is 3.65. The Hall–Kier alpha value is -1.42. The van der Waals surface area contributed by atoms with Gasteiger partial charge in [0, 0.05) is 6.20 Å². The molecule has 0 aliphatic heterocycles. The van der Waals surface area contributed by atoms with Crippen molar-refractivity contribution in [2.24, 2.45) is 5.73 Å². The van der Waals surface area contributed by atoms with E-state index in [9.17, 15) is 4.79 Å².